The molecule has 0 fully saturated rings. The topological polar surface area (TPSA) is 81.9 Å². The number of thiazole rings is 1. The number of methoxy groups -OCH3 is 1. The number of amides is 1. The number of benzene rings is 3. The lowest BCUT2D eigenvalue weighted by Gasteiger charge is -2.19. The number of nitrogens with zero attached hydrogens (tertiary/aromatic N) is 4. The first-order valence-electron chi connectivity index (χ1n) is 12.9. The number of hydrogen-bond acceptors (Lipinski definition) is 7. The van der Waals surface area contributed by atoms with Crippen LogP contribution in [0.4, 0.5) is 5.13 Å². The van der Waals surface area contributed by atoms with Gasteiger partial charge in [0.1, 0.15) is 5.75 Å². The summed E-state index contributed by atoms with van der Waals surface area (Å²) >= 11 is 2.76. The van der Waals surface area contributed by atoms with E-state index in [-0.39, 0.29) is 17.1 Å². The number of ether oxygens (including phenoxy) is 1. The molecule has 0 unspecified atom stereocenters. The van der Waals surface area contributed by atoms with Crippen LogP contribution < -0.4 is 10.1 Å². The Balaban J connectivity index is 1.30. The van der Waals surface area contributed by atoms with Crippen LogP contribution in [0.15, 0.2) is 89.4 Å². The minimum atomic E-state index is -0.147. The van der Waals surface area contributed by atoms with E-state index in [0.29, 0.717) is 16.8 Å². The molecule has 5 rings (SSSR count). The van der Waals surface area contributed by atoms with Crippen molar-refractivity contribution < 1.29 is 9.53 Å². The average molecular weight is 570 g/mol. The normalized spacial score (nSPS) is 11.4. The Morgan fingerprint density at radius 2 is 1.65 bits per heavy atom. The largest absolute Gasteiger partial charge is 0.497 e. The van der Waals surface area contributed by atoms with Crippen molar-refractivity contribution in [2.24, 2.45) is 0 Å². The van der Waals surface area contributed by atoms with E-state index in [1.54, 1.807) is 7.11 Å². The first-order chi connectivity index (χ1) is 19.3. The van der Waals surface area contributed by atoms with Crippen LogP contribution in [0.2, 0.25) is 0 Å². The molecule has 0 aliphatic heterocycles. The minimum Gasteiger partial charge on any atom is -0.497 e. The lowest BCUT2D eigenvalue weighted by atomic mass is 9.87. The Morgan fingerprint density at radius 3 is 2.33 bits per heavy atom. The maximum Gasteiger partial charge on any atom is 0.236 e. The average Bonchev–Trinajstić information content (AvgIpc) is 3.59. The van der Waals surface area contributed by atoms with E-state index in [1.807, 2.05) is 47.8 Å². The molecule has 7 nitrogen and oxygen atoms in total. The smallest absolute Gasteiger partial charge is 0.236 e. The highest BCUT2D eigenvalue weighted by Gasteiger charge is 2.19. The predicted molar refractivity (Wildman–Crippen MR) is 163 cm³/mol. The summed E-state index contributed by atoms with van der Waals surface area (Å²) in [5, 5.41) is 15.1. The maximum atomic E-state index is 12.9. The van der Waals surface area contributed by atoms with Crippen molar-refractivity contribution in [1.29, 1.82) is 0 Å². The minimum absolute atomic E-state index is 0.0669. The summed E-state index contributed by atoms with van der Waals surface area (Å²) in [7, 11) is 1.64. The molecule has 40 heavy (non-hydrogen) atoms. The molecular formula is C31H31N5O2S2. The molecule has 3 aromatic carbocycles. The van der Waals surface area contributed by atoms with Crippen LogP contribution in [0.1, 0.15) is 31.9 Å². The van der Waals surface area contributed by atoms with Gasteiger partial charge in [-0.1, -0.05) is 87.1 Å². The highest BCUT2D eigenvalue weighted by Crippen LogP contribution is 2.30. The number of nitrogens with one attached hydrogen (secondary N) is 1. The van der Waals surface area contributed by atoms with Gasteiger partial charge in [0.2, 0.25) is 5.91 Å². The van der Waals surface area contributed by atoms with Gasteiger partial charge in [0.25, 0.3) is 0 Å². The Hall–Kier alpha value is -3.95. The van der Waals surface area contributed by atoms with Gasteiger partial charge in [-0.3, -0.25) is 9.36 Å². The van der Waals surface area contributed by atoms with Crippen molar-refractivity contribution in [2.45, 2.75) is 37.9 Å². The molecule has 0 aliphatic carbocycles. The molecule has 9 heteroatoms. The highest BCUT2D eigenvalue weighted by atomic mass is 32.2. The second-order valence-electron chi connectivity index (χ2n) is 10.3. The van der Waals surface area contributed by atoms with Crippen LogP contribution in [0, 0.1) is 0 Å². The number of rotatable bonds is 9. The fourth-order valence-corrected chi connectivity index (χ4v) is 5.62. The molecule has 1 N–H and O–H groups in total. The maximum absolute atomic E-state index is 12.9. The third-order valence-corrected chi connectivity index (χ3v) is 8.10. The number of anilines is 1. The van der Waals surface area contributed by atoms with Crippen LogP contribution in [0.5, 0.6) is 5.75 Å². The summed E-state index contributed by atoms with van der Waals surface area (Å²) in [6, 6.07) is 26.4. The van der Waals surface area contributed by atoms with E-state index >= 15 is 0 Å². The van der Waals surface area contributed by atoms with Gasteiger partial charge in [0.05, 0.1) is 25.1 Å². The zero-order valence-electron chi connectivity index (χ0n) is 22.9. The molecule has 1 amide bonds. The monoisotopic (exact) mass is 569 g/mol. The highest BCUT2D eigenvalue weighted by molar-refractivity contribution is 7.99. The van der Waals surface area contributed by atoms with Crippen LogP contribution in [0.25, 0.3) is 22.6 Å². The summed E-state index contributed by atoms with van der Waals surface area (Å²) in [6.07, 6.45) is 0. The van der Waals surface area contributed by atoms with Gasteiger partial charge in [0, 0.05) is 16.5 Å². The summed E-state index contributed by atoms with van der Waals surface area (Å²) < 4.78 is 7.30. The molecule has 2 heterocycles. The summed E-state index contributed by atoms with van der Waals surface area (Å²) in [5.41, 5.74) is 5.21. The Kier molecular flexibility index (Phi) is 8.32. The van der Waals surface area contributed by atoms with Crippen molar-refractivity contribution in [3.05, 3.63) is 95.4 Å². The molecular weight excluding hydrogens is 539 g/mol. The van der Waals surface area contributed by atoms with Gasteiger partial charge in [-0.05, 0) is 40.8 Å². The Morgan fingerprint density at radius 1 is 0.950 bits per heavy atom. The van der Waals surface area contributed by atoms with Gasteiger partial charge >= 0.3 is 0 Å². The van der Waals surface area contributed by atoms with E-state index in [2.05, 4.69) is 82.2 Å². The third-order valence-electron chi connectivity index (χ3n) is 6.38. The van der Waals surface area contributed by atoms with Crippen molar-refractivity contribution in [3.63, 3.8) is 0 Å². The molecule has 2 aromatic heterocycles. The molecule has 0 aliphatic rings. The lowest BCUT2D eigenvalue weighted by Crippen LogP contribution is -2.14. The van der Waals surface area contributed by atoms with E-state index in [0.717, 1.165) is 34.0 Å². The van der Waals surface area contributed by atoms with Gasteiger partial charge in [-0.15, -0.1) is 21.5 Å². The zero-order valence-corrected chi connectivity index (χ0v) is 24.6. The van der Waals surface area contributed by atoms with Gasteiger partial charge < -0.3 is 10.1 Å². The number of hydrogen-bond donors (Lipinski definition) is 1. The van der Waals surface area contributed by atoms with Crippen molar-refractivity contribution in [2.75, 3.05) is 18.2 Å². The number of thioether (sulfide) groups is 1. The van der Waals surface area contributed by atoms with Crippen LogP contribution in [-0.4, -0.2) is 38.5 Å². The van der Waals surface area contributed by atoms with Gasteiger partial charge in [-0.2, -0.15) is 0 Å². The predicted octanol–water partition coefficient (Wildman–Crippen LogP) is 7.15. The molecule has 0 radical (unpaired) electrons. The molecule has 5 aromatic rings. The lowest BCUT2D eigenvalue weighted by molar-refractivity contribution is -0.113. The van der Waals surface area contributed by atoms with Crippen LogP contribution in [-0.2, 0) is 16.8 Å². The molecule has 0 saturated carbocycles. The van der Waals surface area contributed by atoms with Crippen molar-refractivity contribution in [3.8, 4) is 28.4 Å². The molecule has 0 atom stereocenters. The number of carbonyl (C=O) groups is 1. The van der Waals surface area contributed by atoms with Gasteiger partial charge in [0.15, 0.2) is 16.1 Å². The first kappa shape index (κ1) is 27.6. The standard InChI is InChI=1S/C31H31N5O2S2/c1-31(2,3)24-14-10-23(11-15-24)28-34-35-30(36(28)18-21-8-6-5-7-9-21)40-20-27(37)33-29-32-26(19-39-29)22-12-16-25(38-4)17-13-22/h5-17,19H,18,20H2,1-4H3,(H,32,33,37). The molecule has 0 spiro atoms. The second-order valence-corrected chi connectivity index (χ2v) is 12.1. The van der Waals surface area contributed by atoms with E-state index < -0.39 is 0 Å². The fraction of sp³-hybridized carbons (Fsp3) is 0.226. The molecule has 204 valence electrons. The zero-order chi connectivity index (χ0) is 28.1. The first-order valence-corrected chi connectivity index (χ1v) is 14.8. The SMILES string of the molecule is COc1ccc(-c2csc(NC(=O)CSc3nnc(-c4ccc(C(C)(C)C)cc4)n3Cc3ccccc3)n2)cc1. The van der Waals surface area contributed by atoms with Crippen molar-refractivity contribution in [1.82, 2.24) is 19.7 Å². The summed E-state index contributed by atoms with van der Waals surface area (Å²) in [5.74, 6) is 1.60. The quantitative estimate of drug-likeness (QED) is 0.190. The van der Waals surface area contributed by atoms with Crippen molar-refractivity contribution >= 4 is 34.1 Å². The molecule has 0 bridgehead atoms. The summed E-state index contributed by atoms with van der Waals surface area (Å²) in [6.45, 7) is 7.20. The third kappa shape index (κ3) is 6.60. The Bertz CT molecular complexity index is 1570. The van der Waals surface area contributed by atoms with Gasteiger partial charge in [-0.25, -0.2) is 4.98 Å². The van der Waals surface area contributed by atoms with E-state index in [4.69, 9.17) is 4.74 Å². The number of aromatic nitrogens is 4. The van der Waals surface area contributed by atoms with E-state index in [9.17, 15) is 4.79 Å². The summed E-state index contributed by atoms with van der Waals surface area (Å²) in [4.78, 5) is 17.4. The molecule has 0 saturated heterocycles. The fourth-order valence-electron chi connectivity index (χ4n) is 4.15. The number of carbonyl (C=O) groups excluding carboxylic acids is 1. The van der Waals surface area contributed by atoms with Crippen LogP contribution >= 0.6 is 23.1 Å². The van der Waals surface area contributed by atoms with E-state index in [1.165, 1.54) is 28.7 Å². The van der Waals surface area contributed by atoms with Crippen LogP contribution in [0.3, 0.4) is 0 Å². The second kappa shape index (κ2) is 12.1. The Labute approximate surface area is 242 Å².